The Morgan fingerprint density at radius 3 is 2.52 bits per heavy atom. The molecule has 162 valence electrons. The standard InChI is InChI=1S/C24H37FN2O2/c1-28-22-9-8-20(24(25)15-22)17-26(18-23-7-4-14-29-23)16-19-10-12-27(13-11-19)21-5-2-3-6-21/h8-9,15,19,21,23H,2-7,10-14,16-18H2,1H3. The maximum atomic E-state index is 14.6. The highest BCUT2D eigenvalue weighted by molar-refractivity contribution is 5.28. The van der Waals surface area contributed by atoms with Gasteiger partial charge in [-0.05, 0) is 63.6 Å². The van der Waals surface area contributed by atoms with Crippen molar-refractivity contribution in [2.45, 2.75) is 70.1 Å². The summed E-state index contributed by atoms with van der Waals surface area (Å²) in [5, 5.41) is 0. The van der Waals surface area contributed by atoms with Crippen molar-refractivity contribution >= 4 is 0 Å². The maximum Gasteiger partial charge on any atom is 0.131 e. The Kier molecular flexibility index (Phi) is 7.44. The molecule has 3 fully saturated rings. The quantitative estimate of drug-likeness (QED) is 0.638. The molecule has 0 amide bonds. The van der Waals surface area contributed by atoms with Gasteiger partial charge in [0.25, 0.3) is 0 Å². The van der Waals surface area contributed by atoms with Crippen LogP contribution >= 0.6 is 0 Å². The van der Waals surface area contributed by atoms with Crippen LogP contribution < -0.4 is 4.74 Å². The molecule has 0 N–H and O–H groups in total. The van der Waals surface area contributed by atoms with Crippen molar-refractivity contribution in [1.82, 2.24) is 9.80 Å². The van der Waals surface area contributed by atoms with Crippen molar-refractivity contribution in [2.75, 3.05) is 39.9 Å². The molecular formula is C24H37FN2O2. The molecular weight excluding hydrogens is 367 g/mol. The second-order valence-electron chi connectivity index (χ2n) is 9.20. The molecule has 0 radical (unpaired) electrons. The first-order chi connectivity index (χ1) is 14.2. The Labute approximate surface area is 175 Å². The fourth-order valence-electron chi connectivity index (χ4n) is 5.44. The zero-order chi connectivity index (χ0) is 20.1. The third-order valence-corrected chi connectivity index (χ3v) is 7.15. The summed E-state index contributed by atoms with van der Waals surface area (Å²) in [6, 6.07) is 6.08. The van der Waals surface area contributed by atoms with Crippen molar-refractivity contribution in [1.29, 1.82) is 0 Å². The first-order valence-electron chi connectivity index (χ1n) is 11.6. The second kappa shape index (κ2) is 10.2. The van der Waals surface area contributed by atoms with E-state index in [9.17, 15) is 4.39 Å². The second-order valence-corrected chi connectivity index (χ2v) is 9.20. The molecule has 29 heavy (non-hydrogen) atoms. The maximum absolute atomic E-state index is 14.6. The molecule has 1 aliphatic carbocycles. The Balaban J connectivity index is 1.35. The summed E-state index contributed by atoms with van der Waals surface area (Å²) in [5.74, 6) is 1.12. The van der Waals surface area contributed by atoms with Crippen LogP contribution in [-0.4, -0.2) is 61.8 Å². The fraction of sp³-hybridized carbons (Fsp3) is 0.750. The van der Waals surface area contributed by atoms with E-state index in [1.165, 1.54) is 57.7 Å². The molecule has 1 aromatic rings. The third-order valence-electron chi connectivity index (χ3n) is 7.15. The number of piperidine rings is 1. The molecule has 1 saturated carbocycles. The van der Waals surface area contributed by atoms with E-state index in [4.69, 9.17) is 9.47 Å². The molecule has 4 nitrogen and oxygen atoms in total. The van der Waals surface area contributed by atoms with E-state index < -0.39 is 0 Å². The Hall–Kier alpha value is -1.17. The summed E-state index contributed by atoms with van der Waals surface area (Å²) < 4.78 is 25.6. The van der Waals surface area contributed by atoms with Crippen molar-refractivity contribution in [3.63, 3.8) is 0 Å². The van der Waals surface area contributed by atoms with E-state index in [1.807, 2.05) is 12.1 Å². The molecule has 0 spiro atoms. The van der Waals surface area contributed by atoms with Crippen LogP contribution in [0.15, 0.2) is 18.2 Å². The van der Waals surface area contributed by atoms with Crippen LogP contribution in [-0.2, 0) is 11.3 Å². The third kappa shape index (κ3) is 5.71. The number of nitrogens with zero attached hydrogens (tertiary/aromatic N) is 2. The highest BCUT2D eigenvalue weighted by Gasteiger charge is 2.29. The molecule has 5 heteroatoms. The largest absolute Gasteiger partial charge is 0.497 e. The summed E-state index contributed by atoms with van der Waals surface area (Å²) in [6.45, 7) is 5.95. The van der Waals surface area contributed by atoms with Gasteiger partial charge in [-0.3, -0.25) is 4.90 Å². The molecule has 0 aromatic heterocycles. The van der Waals surface area contributed by atoms with E-state index in [0.29, 0.717) is 24.3 Å². The summed E-state index contributed by atoms with van der Waals surface area (Å²) in [4.78, 5) is 5.17. The highest BCUT2D eigenvalue weighted by atomic mass is 19.1. The van der Waals surface area contributed by atoms with Gasteiger partial charge < -0.3 is 14.4 Å². The van der Waals surface area contributed by atoms with Crippen LogP contribution in [0.4, 0.5) is 4.39 Å². The summed E-state index contributed by atoms with van der Waals surface area (Å²) in [7, 11) is 1.58. The van der Waals surface area contributed by atoms with Gasteiger partial charge in [0, 0.05) is 43.9 Å². The van der Waals surface area contributed by atoms with Crippen LogP contribution in [0.2, 0.25) is 0 Å². The normalized spacial score (nSPS) is 24.6. The van der Waals surface area contributed by atoms with Crippen LogP contribution in [0.25, 0.3) is 0 Å². The molecule has 2 saturated heterocycles. The van der Waals surface area contributed by atoms with E-state index in [2.05, 4.69) is 9.80 Å². The number of hydrogen-bond acceptors (Lipinski definition) is 4. The lowest BCUT2D eigenvalue weighted by atomic mass is 9.94. The lowest BCUT2D eigenvalue weighted by molar-refractivity contribution is 0.0536. The highest BCUT2D eigenvalue weighted by Crippen LogP contribution is 2.29. The van der Waals surface area contributed by atoms with Crippen LogP contribution in [0.1, 0.15) is 56.9 Å². The van der Waals surface area contributed by atoms with Crippen molar-refractivity contribution in [2.24, 2.45) is 5.92 Å². The SMILES string of the molecule is COc1ccc(CN(CC2CCN(C3CCCC3)CC2)CC2CCCO2)c(F)c1. The van der Waals surface area contributed by atoms with Gasteiger partial charge in [0.2, 0.25) is 0 Å². The Morgan fingerprint density at radius 1 is 1.07 bits per heavy atom. The van der Waals surface area contributed by atoms with Crippen molar-refractivity contribution in [3.8, 4) is 5.75 Å². The zero-order valence-corrected chi connectivity index (χ0v) is 18.0. The summed E-state index contributed by atoms with van der Waals surface area (Å²) in [6.07, 6.45) is 10.7. The minimum atomic E-state index is -0.169. The van der Waals surface area contributed by atoms with Crippen LogP contribution in [0.3, 0.4) is 0 Å². The number of methoxy groups -OCH3 is 1. The Bertz CT molecular complexity index is 636. The number of rotatable bonds is 8. The number of hydrogen-bond donors (Lipinski definition) is 0. The molecule has 2 heterocycles. The monoisotopic (exact) mass is 404 g/mol. The molecule has 4 rings (SSSR count). The molecule has 2 aliphatic heterocycles. The van der Waals surface area contributed by atoms with E-state index in [-0.39, 0.29) is 5.82 Å². The number of halogens is 1. The van der Waals surface area contributed by atoms with Crippen LogP contribution in [0.5, 0.6) is 5.75 Å². The number of ether oxygens (including phenoxy) is 2. The van der Waals surface area contributed by atoms with Gasteiger partial charge in [-0.25, -0.2) is 4.39 Å². The van der Waals surface area contributed by atoms with Crippen molar-refractivity contribution in [3.05, 3.63) is 29.6 Å². The lowest BCUT2D eigenvalue weighted by Gasteiger charge is -2.38. The topological polar surface area (TPSA) is 24.9 Å². The average Bonchev–Trinajstić information content (AvgIpc) is 3.44. The van der Waals surface area contributed by atoms with Gasteiger partial charge in [-0.15, -0.1) is 0 Å². The molecule has 1 atom stereocenters. The fourth-order valence-corrected chi connectivity index (χ4v) is 5.44. The predicted octanol–water partition coefficient (Wildman–Crippen LogP) is 4.47. The minimum absolute atomic E-state index is 0.169. The smallest absolute Gasteiger partial charge is 0.131 e. The number of benzene rings is 1. The minimum Gasteiger partial charge on any atom is -0.497 e. The lowest BCUT2D eigenvalue weighted by Crippen LogP contribution is -2.43. The molecule has 3 aliphatic rings. The predicted molar refractivity (Wildman–Crippen MR) is 114 cm³/mol. The van der Waals surface area contributed by atoms with Gasteiger partial charge in [0.15, 0.2) is 0 Å². The molecule has 0 bridgehead atoms. The Morgan fingerprint density at radius 2 is 1.86 bits per heavy atom. The molecule has 1 unspecified atom stereocenters. The first kappa shape index (κ1) is 21.1. The summed E-state index contributed by atoms with van der Waals surface area (Å²) >= 11 is 0. The molecule has 1 aromatic carbocycles. The van der Waals surface area contributed by atoms with Gasteiger partial charge >= 0.3 is 0 Å². The van der Waals surface area contributed by atoms with E-state index in [0.717, 1.165) is 44.1 Å². The zero-order valence-electron chi connectivity index (χ0n) is 18.0. The van der Waals surface area contributed by atoms with Crippen LogP contribution in [0, 0.1) is 11.7 Å². The van der Waals surface area contributed by atoms with Gasteiger partial charge in [-0.1, -0.05) is 18.9 Å². The first-order valence-corrected chi connectivity index (χ1v) is 11.6. The summed E-state index contributed by atoms with van der Waals surface area (Å²) in [5.41, 5.74) is 0.757. The average molecular weight is 405 g/mol. The van der Waals surface area contributed by atoms with Gasteiger partial charge in [0.1, 0.15) is 11.6 Å². The van der Waals surface area contributed by atoms with E-state index in [1.54, 1.807) is 7.11 Å². The van der Waals surface area contributed by atoms with E-state index >= 15 is 0 Å². The number of likely N-dealkylation sites (tertiary alicyclic amines) is 1. The van der Waals surface area contributed by atoms with Gasteiger partial charge in [-0.2, -0.15) is 0 Å². The van der Waals surface area contributed by atoms with Gasteiger partial charge in [0.05, 0.1) is 13.2 Å². The van der Waals surface area contributed by atoms with Crippen molar-refractivity contribution < 1.29 is 13.9 Å².